The molecule has 0 aliphatic rings. The van der Waals surface area contributed by atoms with Crippen LogP contribution in [0.3, 0.4) is 0 Å². The van der Waals surface area contributed by atoms with E-state index in [0.29, 0.717) is 16.3 Å². The highest BCUT2D eigenvalue weighted by atomic mass is 35.5. The monoisotopic (exact) mass is 289 g/mol. The molecule has 0 saturated carbocycles. The van der Waals surface area contributed by atoms with E-state index >= 15 is 0 Å². The maximum atomic E-state index is 5.99. The second-order valence-electron chi connectivity index (χ2n) is 4.48. The summed E-state index contributed by atoms with van der Waals surface area (Å²) in [5.41, 5.74) is 4.38. The first-order valence-electron chi connectivity index (χ1n) is 5.93. The second-order valence-corrected chi connectivity index (χ2v) is 5.30. The maximum Gasteiger partial charge on any atom is 0.178 e. The third kappa shape index (κ3) is 2.29. The normalized spacial score (nSPS) is 11.1. The summed E-state index contributed by atoms with van der Waals surface area (Å²) < 4.78 is 2.76. The number of halogens is 1. The van der Waals surface area contributed by atoms with E-state index in [9.17, 15) is 0 Å². The van der Waals surface area contributed by atoms with Gasteiger partial charge in [0.15, 0.2) is 4.77 Å². The summed E-state index contributed by atoms with van der Waals surface area (Å²) in [4.78, 5) is 7.35. The van der Waals surface area contributed by atoms with Crippen molar-refractivity contribution in [3.63, 3.8) is 0 Å². The predicted molar refractivity (Wildman–Crippen MR) is 80.2 cm³/mol. The topological polar surface area (TPSA) is 33.6 Å². The number of rotatable bonds is 2. The molecule has 1 aromatic carbocycles. The number of fused-ring (bicyclic) bond motifs is 1. The van der Waals surface area contributed by atoms with Gasteiger partial charge in [0.25, 0.3) is 0 Å². The number of benzene rings is 1. The van der Waals surface area contributed by atoms with Gasteiger partial charge in [-0.3, -0.25) is 4.98 Å². The molecule has 3 rings (SSSR count). The number of aromatic amines is 1. The summed E-state index contributed by atoms with van der Waals surface area (Å²) in [5, 5.41) is 0.702. The number of pyridine rings is 1. The molecule has 0 aliphatic heterocycles. The summed E-state index contributed by atoms with van der Waals surface area (Å²) in [7, 11) is 0. The van der Waals surface area contributed by atoms with Crippen LogP contribution in [-0.2, 0) is 6.54 Å². The molecule has 3 nitrogen and oxygen atoms in total. The van der Waals surface area contributed by atoms with Gasteiger partial charge in [-0.1, -0.05) is 11.6 Å². The highest BCUT2D eigenvalue weighted by Crippen LogP contribution is 2.20. The molecule has 1 N–H and O–H groups in total. The SMILES string of the molecule is Cc1ccncc1Cn1c(=S)[nH]c2cc(Cl)ccc21. The zero-order valence-electron chi connectivity index (χ0n) is 10.4. The molecule has 3 aromatic rings. The lowest BCUT2D eigenvalue weighted by molar-refractivity contribution is 0.800. The van der Waals surface area contributed by atoms with Crippen LogP contribution in [0.15, 0.2) is 36.7 Å². The van der Waals surface area contributed by atoms with Crippen LogP contribution >= 0.6 is 23.8 Å². The summed E-state index contributed by atoms with van der Waals surface area (Å²) in [6.07, 6.45) is 3.68. The molecule has 19 heavy (non-hydrogen) atoms. The molecule has 0 amide bonds. The summed E-state index contributed by atoms with van der Waals surface area (Å²) >= 11 is 11.4. The molecule has 0 fully saturated rings. The van der Waals surface area contributed by atoms with E-state index in [4.69, 9.17) is 23.8 Å². The van der Waals surface area contributed by atoms with Crippen LogP contribution in [0, 0.1) is 11.7 Å². The van der Waals surface area contributed by atoms with Crippen LogP contribution in [0.25, 0.3) is 11.0 Å². The smallest absolute Gasteiger partial charge is 0.178 e. The van der Waals surface area contributed by atoms with Crippen molar-refractivity contribution in [3.05, 3.63) is 57.6 Å². The molecule has 5 heteroatoms. The van der Waals surface area contributed by atoms with E-state index in [-0.39, 0.29) is 0 Å². The van der Waals surface area contributed by atoms with Crippen LogP contribution in [-0.4, -0.2) is 14.5 Å². The Kier molecular flexibility index (Phi) is 3.12. The zero-order chi connectivity index (χ0) is 13.4. The van der Waals surface area contributed by atoms with Gasteiger partial charge in [-0.25, -0.2) is 0 Å². The molecule has 0 radical (unpaired) electrons. The van der Waals surface area contributed by atoms with Crippen molar-refractivity contribution >= 4 is 34.9 Å². The minimum atomic E-state index is 0.695. The quantitative estimate of drug-likeness (QED) is 0.721. The van der Waals surface area contributed by atoms with Crippen LogP contribution in [0.1, 0.15) is 11.1 Å². The molecule has 0 saturated heterocycles. The number of hydrogen-bond acceptors (Lipinski definition) is 2. The lowest BCUT2D eigenvalue weighted by atomic mass is 10.1. The lowest BCUT2D eigenvalue weighted by Crippen LogP contribution is -2.02. The minimum absolute atomic E-state index is 0.695. The van der Waals surface area contributed by atoms with Gasteiger partial charge in [0.1, 0.15) is 0 Å². The molecule has 0 bridgehead atoms. The number of H-pyrrole nitrogens is 1. The summed E-state index contributed by atoms with van der Waals surface area (Å²) in [6.45, 7) is 2.78. The highest BCUT2D eigenvalue weighted by molar-refractivity contribution is 7.71. The molecular weight excluding hydrogens is 278 g/mol. The number of nitrogens with one attached hydrogen (secondary N) is 1. The fraction of sp³-hybridized carbons (Fsp3) is 0.143. The number of aromatic nitrogens is 3. The number of imidazole rings is 1. The first-order valence-corrected chi connectivity index (χ1v) is 6.71. The molecular formula is C14H12ClN3S. The minimum Gasteiger partial charge on any atom is -0.331 e. The van der Waals surface area contributed by atoms with Crippen molar-refractivity contribution in [1.82, 2.24) is 14.5 Å². The zero-order valence-corrected chi connectivity index (χ0v) is 11.9. The van der Waals surface area contributed by atoms with E-state index < -0.39 is 0 Å². The largest absolute Gasteiger partial charge is 0.331 e. The Bertz CT molecular complexity index is 804. The fourth-order valence-electron chi connectivity index (χ4n) is 2.13. The Hall–Kier alpha value is -1.65. The molecule has 2 aromatic heterocycles. The van der Waals surface area contributed by atoms with Crippen LogP contribution in [0.2, 0.25) is 5.02 Å². The summed E-state index contributed by atoms with van der Waals surface area (Å²) in [5.74, 6) is 0. The van der Waals surface area contributed by atoms with Gasteiger partial charge in [0.2, 0.25) is 0 Å². The number of nitrogens with zero attached hydrogens (tertiary/aromatic N) is 2. The van der Waals surface area contributed by atoms with E-state index in [0.717, 1.165) is 16.6 Å². The van der Waals surface area contributed by atoms with Crippen molar-refractivity contribution in [2.75, 3.05) is 0 Å². The lowest BCUT2D eigenvalue weighted by Gasteiger charge is -2.07. The number of aryl methyl sites for hydroxylation is 1. The van der Waals surface area contributed by atoms with E-state index in [2.05, 4.69) is 21.5 Å². The maximum absolute atomic E-state index is 5.99. The van der Waals surface area contributed by atoms with Gasteiger partial charge >= 0.3 is 0 Å². The van der Waals surface area contributed by atoms with Gasteiger partial charge < -0.3 is 9.55 Å². The second kappa shape index (κ2) is 4.79. The first-order chi connectivity index (χ1) is 9.15. The Balaban J connectivity index is 2.13. The molecule has 0 aliphatic carbocycles. The van der Waals surface area contributed by atoms with E-state index in [1.165, 1.54) is 5.56 Å². The Labute approximate surface area is 120 Å². The standard InChI is InChI=1S/C14H12ClN3S/c1-9-4-5-16-7-10(9)8-18-13-3-2-11(15)6-12(13)17-14(18)19/h2-7H,8H2,1H3,(H,17,19). The van der Waals surface area contributed by atoms with Gasteiger partial charge in [-0.15, -0.1) is 0 Å². The van der Waals surface area contributed by atoms with Crippen LogP contribution in [0.4, 0.5) is 0 Å². The molecule has 0 atom stereocenters. The van der Waals surface area contributed by atoms with Crippen molar-refractivity contribution in [2.45, 2.75) is 13.5 Å². The van der Waals surface area contributed by atoms with Crippen LogP contribution < -0.4 is 0 Å². The first kappa shape index (κ1) is 12.4. The van der Waals surface area contributed by atoms with E-state index in [1.807, 2.05) is 30.5 Å². The fourth-order valence-corrected chi connectivity index (χ4v) is 2.57. The van der Waals surface area contributed by atoms with Crippen molar-refractivity contribution in [1.29, 1.82) is 0 Å². The van der Waals surface area contributed by atoms with E-state index in [1.54, 1.807) is 6.20 Å². The molecule has 2 heterocycles. The van der Waals surface area contributed by atoms with Crippen LogP contribution in [0.5, 0.6) is 0 Å². The molecule has 96 valence electrons. The highest BCUT2D eigenvalue weighted by Gasteiger charge is 2.07. The molecule has 0 spiro atoms. The van der Waals surface area contributed by atoms with Crippen molar-refractivity contribution in [3.8, 4) is 0 Å². The Morgan fingerprint density at radius 1 is 1.37 bits per heavy atom. The third-order valence-corrected chi connectivity index (χ3v) is 3.77. The van der Waals surface area contributed by atoms with Gasteiger partial charge in [0.05, 0.1) is 17.6 Å². The third-order valence-electron chi connectivity index (χ3n) is 3.21. The van der Waals surface area contributed by atoms with Gasteiger partial charge in [0, 0.05) is 17.4 Å². The van der Waals surface area contributed by atoms with Gasteiger partial charge in [-0.2, -0.15) is 0 Å². The van der Waals surface area contributed by atoms with Crippen molar-refractivity contribution < 1.29 is 0 Å². The predicted octanol–water partition coefficient (Wildman–Crippen LogP) is 4.10. The average molecular weight is 290 g/mol. The Morgan fingerprint density at radius 3 is 3.00 bits per heavy atom. The number of hydrogen-bond donors (Lipinski definition) is 1. The molecule has 0 unspecified atom stereocenters. The Morgan fingerprint density at radius 2 is 2.21 bits per heavy atom. The van der Waals surface area contributed by atoms with Crippen molar-refractivity contribution in [2.24, 2.45) is 0 Å². The average Bonchev–Trinajstić information content (AvgIpc) is 2.68. The van der Waals surface area contributed by atoms with Gasteiger partial charge in [-0.05, 0) is 54.5 Å². The summed E-state index contributed by atoms with van der Waals surface area (Å²) in [6, 6.07) is 7.75.